The van der Waals surface area contributed by atoms with Crippen molar-refractivity contribution in [1.82, 2.24) is 0 Å². The first-order chi connectivity index (χ1) is 8.09. The molecule has 1 aromatic rings. The number of carboxylic acid groups (broad SMARTS) is 1. The molecule has 1 aromatic carbocycles. The Balaban J connectivity index is 2.39. The van der Waals surface area contributed by atoms with Crippen molar-refractivity contribution in [3.63, 3.8) is 0 Å². The molecule has 0 saturated carbocycles. The molecule has 4 heteroatoms. The third kappa shape index (κ3) is 2.42. The van der Waals surface area contributed by atoms with Gasteiger partial charge in [-0.1, -0.05) is 12.1 Å². The van der Waals surface area contributed by atoms with Gasteiger partial charge in [0.2, 0.25) is 0 Å². The molecule has 0 spiro atoms. The van der Waals surface area contributed by atoms with Crippen molar-refractivity contribution in [3.8, 4) is 0 Å². The minimum Gasteiger partial charge on any atom is -0.478 e. The summed E-state index contributed by atoms with van der Waals surface area (Å²) in [4.78, 5) is 13.3. The predicted molar refractivity (Wildman–Crippen MR) is 65.8 cm³/mol. The summed E-state index contributed by atoms with van der Waals surface area (Å²) in [6.45, 7) is 6.09. The van der Waals surface area contributed by atoms with Gasteiger partial charge in [-0.15, -0.1) is 0 Å². The van der Waals surface area contributed by atoms with Gasteiger partial charge in [0.1, 0.15) is 0 Å². The lowest BCUT2D eigenvalue weighted by molar-refractivity contribution is 0.0527. The Hall–Kier alpha value is -1.55. The summed E-state index contributed by atoms with van der Waals surface area (Å²) in [7, 11) is 0. The Labute approximate surface area is 101 Å². The van der Waals surface area contributed by atoms with Gasteiger partial charge in [-0.05, 0) is 25.5 Å². The zero-order chi connectivity index (χ0) is 12.4. The molecule has 0 aliphatic carbocycles. The number of aromatic carboxylic acids is 1. The van der Waals surface area contributed by atoms with Crippen LogP contribution in [0.4, 0.5) is 5.69 Å². The summed E-state index contributed by atoms with van der Waals surface area (Å²) in [5.74, 6) is -0.872. The van der Waals surface area contributed by atoms with Gasteiger partial charge in [-0.3, -0.25) is 0 Å². The molecule has 0 amide bonds. The van der Waals surface area contributed by atoms with Crippen molar-refractivity contribution in [3.05, 3.63) is 29.3 Å². The lowest BCUT2D eigenvalue weighted by atomic mass is 10.1. The highest BCUT2D eigenvalue weighted by Gasteiger charge is 2.22. The fourth-order valence-corrected chi connectivity index (χ4v) is 2.27. The third-order valence-electron chi connectivity index (χ3n) is 3.03. The van der Waals surface area contributed by atoms with E-state index in [0.717, 1.165) is 24.3 Å². The van der Waals surface area contributed by atoms with E-state index in [4.69, 9.17) is 4.74 Å². The Morgan fingerprint density at radius 1 is 1.53 bits per heavy atom. The van der Waals surface area contributed by atoms with Gasteiger partial charge in [0.05, 0.1) is 24.0 Å². The van der Waals surface area contributed by atoms with Crippen LogP contribution >= 0.6 is 0 Å². The number of carbonyl (C=O) groups is 1. The van der Waals surface area contributed by atoms with Crippen LogP contribution in [-0.4, -0.2) is 36.9 Å². The number of aryl methyl sites for hydroxylation is 1. The van der Waals surface area contributed by atoms with Crippen LogP contribution in [0.25, 0.3) is 0 Å². The van der Waals surface area contributed by atoms with E-state index in [1.807, 2.05) is 19.9 Å². The van der Waals surface area contributed by atoms with Crippen LogP contribution in [0.15, 0.2) is 18.2 Å². The molecule has 1 saturated heterocycles. The largest absolute Gasteiger partial charge is 0.478 e. The molecular formula is C13H17NO3. The number of benzene rings is 1. The molecule has 1 atom stereocenters. The molecule has 1 N–H and O–H groups in total. The molecule has 1 heterocycles. The minimum absolute atomic E-state index is 0.144. The van der Waals surface area contributed by atoms with Gasteiger partial charge in [-0.2, -0.15) is 0 Å². The average Bonchev–Trinajstić information content (AvgIpc) is 2.28. The van der Waals surface area contributed by atoms with Crippen molar-refractivity contribution in [2.24, 2.45) is 0 Å². The number of morpholine rings is 1. The van der Waals surface area contributed by atoms with E-state index in [1.165, 1.54) is 0 Å². The number of para-hydroxylation sites is 1. The molecule has 1 fully saturated rings. The Kier molecular flexibility index (Phi) is 3.33. The molecule has 4 nitrogen and oxygen atoms in total. The highest BCUT2D eigenvalue weighted by Crippen LogP contribution is 2.26. The van der Waals surface area contributed by atoms with Crippen LogP contribution in [0.2, 0.25) is 0 Å². The number of ether oxygens (including phenoxy) is 1. The molecule has 1 unspecified atom stereocenters. The van der Waals surface area contributed by atoms with Crippen LogP contribution in [0.5, 0.6) is 0 Å². The molecule has 0 bridgehead atoms. The molecule has 0 radical (unpaired) electrons. The monoisotopic (exact) mass is 235 g/mol. The average molecular weight is 235 g/mol. The number of hydrogen-bond donors (Lipinski definition) is 1. The summed E-state index contributed by atoms with van der Waals surface area (Å²) in [5, 5.41) is 9.23. The maximum Gasteiger partial charge on any atom is 0.337 e. The Morgan fingerprint density at radius 2 is 2.29 bits per heavy atom. The number of hydrogen-bond acceptors (Lipinski definition) is 3. The van der Waals surface area contributed by atoms with Crippen LogP contribution in [0.1, 0.15) is 22.8 Å². The van der Waals surface area contributed by atoms with Crippen molar-refractivity contribution < 1.29 is 14.6 Å². The van der Waals surface area contributed by atoms with Crippen molar-refractivity contribution in [2.45, 2.75) is 20.0 Å². The molecule has 1 aliphatic rings. The fraction of sp³-hybridized carbons (Fsp3) is 0.462. The quantitative estimate of drug-likeness (QED) is 0.850. The smallest absolute Gasteiger partial charge is 0.337 e. The molecule has 2 rings (SSSR count). The predicted octanol–water partition coefficient (Wildman–Crippen LogP) is 1.92. The lowest BCUT2D eigenvalue weighted by Gasteiger charge is -2.34. The zero-order valence-electron chi connectivity index (χ0n) is 10.1. The summed E-state index contributed by atoms with van der Waals surface area (Å²) in [6, 6.07) is 5.39. The number of anilines is 1. The molecule has 1 aliphatic heterocycles. The molecule has 0 aromatic heterocycles. The van der Waals surface area contributed by atoms with Crippen LogP contribution < -0.4 is 4.90 Å². The van der Waals surface area contributed by atoms with E-state index in [1.54, 1.807) is 12.1 Å². The van der Waals surface area contributed by atoms with E-state index in [0.29, 0.717) is 12.2 Å². The SMILES string of the molecule is Cc1cccc(C(=O)O)c1N1CCOC(C)C1. The number of rotatable bonds is 2. The van der Waals surface area contributed by atoms with E-state index in [9.17, 15) is 9.90 Å². The lowest BCUT2D eigenvalue weighted by Crippen LogP contribution is -2.42. The van der Waals surface area contributed by atoms with E-state index in [-0.39, 0.29) is 6.10 Å². The first kappa shape index (κ1) is 11.9. The van der Waals surface area contributed by atoms with E-state index in [2.05, 4.69) is 4.90 Å². The second-order valence-electron chi connectivity index (χ2n) is 4.40. The number of nitrogens with zero attached hydrogens (tertiary/aromatic N) is 1. The van der Waals surface area contributed by atoms with Crippen molar-refractivity contribution in [2.75, 3.05) is 24.6 Å². The highest BCUT2D eigenvalue weighted by atomic mass is 16.5. The third-order valence-corrected chi connectivity index (χ3v) is 3.03. The first-order valence-corrected chi connectivity index (χ1v) is 5.79. The van der Waals surface area contributed by atoms with Crippen LogP contribution in [0.3, 0.4) is 0 Å². The molecule has 92 valence electrons. The van der Waals surface area contributed by atoms with Gasteiger partial charge in [-0.25, -0.2) is 4.79 Å². The highest BCUT2D eigenvalue weighted by molar-refractivity contribution is 5.95. The van der Waals surface area contributed by atoms with Gasteiger partial charge < -0.3 is 14.7 Å². The normalized spacial score (nSPS) is 20.4. The topological polar surface area (TPSA) is 49.8 Å². The summed E-state index contributed by atoms with van der Waals surface area (Å²) in [6.07, 6.45) is 0.144. The summed E-state index contributed by atoms with van der Waals surface area (Å²) in [5.41, 5.74) is 2.20. The first-order valence-electron chi connectivity index (χ1n) is 5.79. The van der Waals surface area contributed by atoms with Crippen molar-refractivity contribution in [1.29, 1.82) is 0 Å². The molecular weight excluding hydrogens is 218 g/mol. The van der Waals surface area contributed by atoms with Crippen molar-refractivity contribution >= 4 is 11.7 Å². The fourth-order valence-electron chi connectivity index (χ4n) is 2.27. The van der Waals surface area contributed by atoms with Crippen LogP contribution in [-0.2, 0) is 4.74 Å². The second kappa shape index (κ2) is 4.75. The number of carboxylic acids is 1. The van der Waals surface area contributed by atoms with Gasteiger partial charge in [0, 0.05) is 13.1 Å². The maximum atomic E-state index is 11.2. The maximum absolute atomic E-state index is 11.2. The van der Waals surface area contributed by atoms with E-state index < -0.39 is 5.97 Å². The summed E-state index contributed by atoms with van der Waals surface area (Å²) >= 11 is 0. The van der Waals surface area contributed by atoms with Gasteiger partial charge >= 0.3 is 5.97 Å². The summed E-state index contributed by atoms with van der Waals surface area (Å²) < 4.78 is 5.48. The van der Waals surface area contributed by atoms with Gasteiger partial charge in [0.15, 0.2) is 0 Å². The Morgan fingerprint density at radius 3 is 2.94 bits per heavy atom. The van der Waals surface area contributed by atoms with Gasteiger partial charge in [0.25, 0.3) is 0 Å². The second-order valence-corrected chi connectivity index (χ2v) is 4.40. The standard InChI is InChI=1S/C13H17NO3/c1-9-4-3-5-11(13(15)16)12(9)14-6-7-17-10(2)8-14/h3-5,10H,6-8H2,1-2H3,(H,15,16). The Bertz CT molecular complexity index is 431. The zero-order valence-corrected chi connectivity index (χ0v) is 10.1. The molecule has 17 heavy (non-hydrogen) atoms. The van der Waals surface area contributed by atoms with E-state index >= 15 is 0 Å². The van der Waals surface area contributed by atoms with Crippen LogP contribution in [0, 0.1) is 6.92 Å². The minimum atomic E-state index is -0.872.